The highest BCUT2D eigenvalue weighted by Crippen LogP contribution is 2.24. The van der Waals surface area contributed by atoms with Crippen LogP contribution in [0, 0.1) is 21.4 Å². The Morgan fingerprint density at radius 2 is 2.25 bits per heavy atom. The van der Waals surface area contributed by atoms with Gasteiger partial charge in [0.15, 0.2) is 0 Å². The van der Waals surface area contributed by atoms with Crippen molar-refractivity contribution in [2.24, 2.45) is 0 Å². The predicted octanol–water partition coefficient (Wildman–Crippen LogP) is 0.929. The molecule has 1 aromatic carbocycles. The number of nitrogens with zero attached hydrogens (tertiary/aromatic N) is 2. The molecule has 1 rings (SSSR count). The van der Waals surface area contributed by atoms with E-state index in [9.17, 15) is 14.9 Å². The molecule has 0 radical (unpaired) electrons. The number of benzene rings is 1. The first-order valence-electron chi connectivity index (χ1n) is 4.25. The Kier molecular flexibility index (Phi) is 3.40. The molecule has 0 aliphatic heterocycles. The molecule has 0 spiro atoms. The van der Waals surface area contributed by atoms with Gasteiger partial charge in [-0.25, -0.2) is 0 Å². The van der Waals surface area contributed by atoms with Gasteiger partial charge in [-0.05, 0) is 12.1 Å². The quantitative estimate of drug-likeness (QED) is 0.581. The average molecular weight is 220 g/mol. The van der Waals surface area contributed by atoms with Crippen molar-refractivity contribution in [1.29, 1.82) is 5.26 Å². The third-order valence-electron chi connectivity index (χ3n) is 1.70. The number of nitro benzene ring substituents is 1. The summed E-state index contributed by atoms with van der Waals surface area (Å²) >= 11 is 0. The number of nitriles is 1. The van der Waals surface area contributed by atoms with Gasteiger partial charge in [-0.1, -0.05) is 0 Å². The summed E-state index contributed by atoms with van der Waals surface area (Å²) in [6.07, 6.45) is 0. The summed E-state index contributed by atoms with van der Waals surface area (Å²) in [5.74, 6) is -0.376. The van der Waals surface area contributed by atoms with E-state index in [-0.39, 0.29) is 22.8 Å². The minimum Gasteiger partial charge on any atom is -0.292 e. The maximum absolute atomic E-state index is 10.7. The van der Waals surface area contributed by atoms with Crippen LogP contribution < -0.4 is 10.9 Å². The van der Waals surface area contributed by atoms with E-state index in [1.165, 1.54) is 19.1 Å². The van der Waals surface area contributed by atoms with Gasteiger partial charge in [0.2, 0.25) is 5.91 Å². The first-order chi connectivity index (χ1) is 7.54. The molecular formula is C9H8N4O3. The zero-order valence-electron chi connectivity index (χ0n) is 8.35. The highest BCUT2D eigenvalue weighted by molar-refractivity contribution is 5.76. The monoisotopic (exact) mass is 220 g/mol. The highest BCUT2D eigenvalue weighted by atomic mass is 16.6. The lowest BCUT2D eigenvalue weighted by molar-refractivity contribution is -0.384. The number of hydrogen-bond donors (Lipinski definition) is 2. The van der Waals surface area contributed by atoms with Gasteiger partial charge in [-0.15, -0.1) is 0 Å². The van der Waals surface area contributed by atoms with Gasteiger partial charge in [0, 0.05) is 13.0 Å². The SMILES string of the molecule is CC(=O)NNc1ccc(C#N)cc1[N+](=O)[O-]. The molecule has 7 nitrogen and oxygen atoms in total. The highest BCUT2D eigenvalue weighted by Gasteiger charge is 2.14. The summed E-state index contributed by atoms with van der Waals surface area (Å²) in [5, 5.41) is 19.3. The minimum absolute atomic E-state index is 0.124. The van der Waals surface area contributed by atoms with Crippen LogP contribution in [0.5, 0.6) is 0 Å². The molecule has 16 heavy (non-hydrogen) atoms. The molecular weight excluding hydrogens is 212 g/mol. The summed E-state index contributed by atoms with van der Waals surface area (Å²) in [4.78, 5) is 20.7. The fourth-order valence-corrected chi connectivity index (χ4v) is 1.01. The second-order valence-electron chi connectivity index (χ2n) is 2.91. The molecule has 0 aliphatic rings. The van der Waals surface area contributed by atoms with Crippen molar-refractivity contribution in [2.45, 2.75) is 6.92 Å². The molecule has 0 aromatic heterocycles. The average Bonchev–Trinajstić information content (AvgIpc) is 2.25. The van der Waals surface area contributed by atoms with Crippen molar-refractivity contribution in [2.75, 3.05) is 5.43 Å². The number of hydrogen-bond acceptors (Lipinski definition) is 5. The molecule has 1 aromatic rings. The van der Waals surface area contributed by atoms with Crippen LogP contribution in [0.1, 0.15) is 12.5 Å². The van der Waals surface area contributed by atoms with Crippen LogP contribution in [0.15, 0.2) is 18.2 Å². The number of carbonyl (C=O) groups excluding carboxylic acids is 1. The zero-order chi connectivity index (χ0) is 12.1. The van der Waals surface area contributed by atoms with Crippen LogP contribution in [0.25, 0.3) is 0 Å². The molecule has 1 amide bonds. The lowest BCUT2D eigenvalue weighted by Gasteiger charge is -2.06. The van der Waals surface area contributed by atoms with Gasteiger partial charge in [0.25, 0.3) is 5.69 Å². The lowest BCUT2D eigenvalue weighted by Crippen LogP contribution is -2.26. The van der Waals surface area contributed by atoms with Crippen molar-refractivity contribution < 1.29 is 9.72 Å². The Balaban J connectivity index is 3.04. The Labute approximate surface area is 90.8 Å². The lowest BCUT2D eigenvalue weighted by atomic mass is 10.2. The molecule has 2 N–H and O–H groups in total. The van der Waals surface area contributed by atoms with Crippen LogP contribution >= 0.6 is 0 Å². The molecule has 0 atom stereocenters. The number of rotatable bonds is 3. The second kappa shape index (κ2) is 4.75. The van der Waals surface area contributed by atoms with Gasteiger partial charge in [-0.3, -0.25) is 25.8 Å². The number of anilines is 1. The van der Waals surface area contributed by atoms with Crippen molar-refractivity contribution in [3.05, 3.63) is 33.9 Å². The molecule has 0 fully saturated rings. The maximum atomic E-state index is 10.7. The standard InChI is InChI=1S/C9H8N4O3/c1-6(14)11-12-8-3-2-7(5-10)4-9(8)13(15)16/h2-4,12H,1H3,(H,11,14). The fraction of sp³-hybridized carbons (Fsp3) is 0.111. The van der Waals surface area contributed by atoms with E-state index in [4.69, 9.17) is 5.26 Å². The summed E-state index contributed by atoms with van der Waals surface area (Å²) in [6, 6.07) is 5.69. The molecule has 0 heterocycles. The smallest absolute Gasteiger partial charge is 0.292 e. The molecule has 82 valence electrons. The van der Waals surface area contributed by atoms with E-state index in [1.807, 2.05) is 0 Å². The van der Waals surface area contributed by atoms with Gasteiger partial charge in [0.1, 0.15) is 5.69 Å². The van der Waals surface area contributed by atoms with E-state index >= 15 is 0 Å². The summed E-state index contributed by atoms with van der Waals surface area (Å²) in [5.41, 5.74) is 4.65. The fourth-order valence-electron chi connectivity index (χ4n) is 1.01. The molecule has 7 heteroatoms. The normalized spacial score (nSPS) is 9.00. The molecule has 0 saturated carbocycles. The molecule has 0 aliphatic carbocycles. The number of hydrazine groups is 1. The Morgan fingerprint density at radius 3 is 2.75 bits per heavy atom. The first kappa shape index (κ1) is 11.5. The van der Waals surface area contributed by atoms with Crippen LogP contribution in [-0.2, 0) is 4.79 Å². The van der Waals surface area contributed by atoms with E-state index < -0.39 is 4.92 Å². The zero-order valence-corrected chi connectivity index (χ0v) is 8.35. The summed E-state index contributed by atoms with van der Waals surface area (Å²) in [7, 11) is 0. The number of nitrogens with one attached hydrogen (secondary N) is 2. The van der Waals surface area contributed by atoms with Gasteiger partial charge in [0.05, 0.1) is 16.6 Å². The summed E-state index contributed by atoms with van der Waals surface area (Å²) in [6.45, 7) is 1.27. The van der Waals surface area contributed by atoms with Crippen LogP contribution in [0.3, 0.4) is 0 Å². The number of carbonyl (C=O) groups is 1. The first-order valence-corrected chi connectivity index (χ1v) is 4.25. The van der Waals surface area contributed by atoms with E-state index in [1.54, 1.807) is 6.07 Å². The largest absolute Gasteiger partial charge is 0.295 e. The number of nitro groups is 1. The van der Waals surface area contributed by atoms with Crippen LogP contribution in [-0.4, -0.2) is 10.8 Å². The Hall–Kier alpha value is -2.62. The van der Waals surface area contributed by atoms with Gasteiger partial charge < -0.3 is 0 Å². The topological polar surface area (TPSA) is 108 Å². The molecule has 0 saturated heterocycles. The Morgan fingerprint density at radius 1 is 1.56 bits per heavy atom. The third-order valence-corrected chi connectivity index (χ3v) is 1.70. The predicted molar refractivity (Wildman–Crippen MR) is 55.3 cm³/mol. The van der Waals surface area contributed by atoms with E-state index in [0.29, 0.717) is 0 Å². The van der Waals surface area contributed by atoms with E-state index in [2.05, 4.69) is 10.9 Å². The number of amides is 1. The second-order valence-corrected chi connectivity index (χ2v) is 2.91. The molecule has 0 bridgehead atoms. The maximum Gasteiger partial charge on any atom is 0.295 e. The minimum atomic E-state index is -0.634. The summed E-state index contributed by atoms with van der Waals surface area (Å²) < 4.78 is 0. The van der Waals surface area contributed by atoms with Crippen LogP contribution in [0.2, 0.25) is 0 Å². The molecule has 0 unspecified atom stereocenters. The van der Waals surface area contributed by atoms with Crippen molar-refractivity contribution in [3.63, 3.8) is 0 Å². The van der Waals surface area contributed by atoms with E-state index in [0.717, 1.165) is 6.07 Å². The van der Waals surface area contributed by atoms with Crippen molar-refractivity contribution >= 4 is 17.3 Å². The third kappa shape index (κ3) is 2.68. The van der Waals surface area contributed by atoms with Gasteiger partial charge >= 0.3 is 0 Å². The van der Waals surface area contributed by atoms with Crippen LogP contribution in [0.4, 0.5) is 11.4 Å². The van der Waals surface area contributed by atoms with Crippen molar-refractivity contribution in [3.8, 4) is 6.07 Å². The Bertz CT molecular complexity index is 478. The van der Waals surface area contributed by atoms with Gasteiger partial charge in [-0.2, -0.15) is 5.26 Å². The van der Waals surface area contributed by atoms with Crippen molar-refractivity contribution in [1.82, 2.24) is 5.43 Å².